The van der Waals surface area contributed by atoms with Crippen molar-refractivity contribution in [2.75, 3.05) is 5.73 Å². The van der Waals surface area contributed by atoms with Crippen LogP contribution in [0.3, 0.4) is 0 Å². The lowest BCUT2D eigenvalue weighted by atomic mass is 10.1. The number of fused-ring (bicyclic) bond motifs is 1. The van der Waals surface area contributed by atoms with Crippen molar-refractivity contribution >= 4 is 17.1 Å². The van der Waals surface area contributed by atoms with E-state index in [1.165, 1.54) is 18.2 Å². The molecule has 0 amide bonds. The first-order chi connectivity index (χ1) is 15.9. The van der Waals surface area contributed by atoms with E-state index >= 15 is 0 Å². The van der Waals surface area contributed by atoms with Crippen LogP contribution < -0.4 is 5.73 Å². The molecule has 8 heteroatoms. The van der Waals surface area contributed by atoms with Crippen molar-refractivity contribution in [3.05, 3.63) is 72.3 Å². The highest BCUT2D eigenvalue weighted by molar-refractivity contribution is 5.83. The molecule has 0 spiro atoms. The molecule has 2 aromatic carbocycles. The topological polar surface area (TPSA) is 85.4 Å². The van der Waals surface area contributed by atoms with Crippen LogP contribution in [0.2, 0.25) is 0 Å². The molecule has 0 aliphatic rings. The highest BCUT2D eigenvalue weighted by Gasteiger charge is 2.21. The van der Waals surface area contributed by atoms with E-state index < -0.39 is 11.6 Å². The molecule has 0 aliphatic heterocycles. The molecule has 5 aromatic rings. The summed E-state index contributed by atoms with van der Waals surface area (Å²) in [5.41, 5.74) is 9.71. The Hall–Kier alpha value is -4.07. The van der Waals surface area contributed by atoms with Gasteiger partial charge in [-0.2, -0.15) is 0 Å². The summed E-state index contributed by atoms with van der Waals surface area (Å²) < 4.78 is 30.9. The Kier molecular flexibility index (Phi) is 5.12. The van der Waals surface area contributed by atoms with Gasteiger partial charge in [0.1, 0.15) is 23.0 Å². The van der Waals surface area contributed by atoms with Gasteiger partial charge in [-0.1, -0.05) is 50.2 Å². The van der Waals surface area contributed by atoms with Gasteiger partial charge >= 0.3 is 0 Å². The molecule has 166 valence electrons. The van der Waals surface area contributed by atoms with Gasteiger partial charge in [-0.15, -0.1) is 0 Å². The van der Waals surface area contributed by atoms with Gasteiger partial charge in [0.15, 0.2) is 5.65 Å². The molecular formula is C25H22F2N6. The van der Waals surface area contributed by atoms with Crippen LogP contribution in [-0.4, -0.2) is 24.5 Å². The van der Waals surface area contributed by atoms with Crippen LogP contribution in [0.4, 0.5) is 14.7 Å². The Bertz CT molecular complexity index is 1430. The molecule has 3 heterocycles. The van der Waals surface area contributed by atoms with E-state index in [-0.39, 0.29) is 11.4 Å². The molecule has 0 aliphatic carbocycles. The van der Waals surface area contributed by atoms with Crippen molar-refractivity contribution < 1.29 is 8.78 Å². The number of pyridine rings is 1. The monoisotopic (exact) mass is 444 g/mol. The van der Waals surface area contributed by atoms with E-state index in [9.17, 15) is 8.78 Å². The van der Waals surface area contributed by atoms with Crippen molar-refractivity contribution in [3.63, 3.8) is 0 Å². The number of halogens is 2. The Morgan fingerprint density at radius 2 is 1.64 bits per heavy atom. The van der Waals surface area contributed by atoms with Gasteiger partial charge in [-0.3, -0.25) is 4.57 Å². The number of anilines is 1. The Morgan fingerprint density at radius 3 is 2.33 bits per heavy atom. The van der Waals surface area contributed by atoms with Gasteiger partial charge in [-0.25, -0.2) is 23.7 Å². The number of nitrogens with zero attached hydrogens (tertiary/aromatic N) is 4. The second kappa shape index (κ2) is 8.12. The second-order valence-corrected chi connectivity index (χ2v) is 8.29. The smallest absolute Gasteiger partial charge is 0.202 e. The molecule has 0 atom stereocenters. The first-order valence-corrected chi connectivity index (χ1v) is 10.7. The molecule has 5 rings (SSSR count). The number of nitrogens with two attached hydrogens (primary N) is 1. The number of H-pyrrole nitrogens is 1. The van der Waals surface area contributed by atoms with Crippen LogP contribution in [0.15, 0.2) is 60.7 Å². The molecule has 0 radical (unpaired) electrons. The Labute approximate surface area is 189 Å². The number of hydrogen-bond donors (Lipinski definition) is 2. The van der Waals surface area contributed by atoms with Crippen LogP contribution in [0.1, 0.15) is 13.8 Å². The van der Waals surface area contributed by atoms with E-state index in [2.05, 4.69) is 28.8 Å². The average molecular weight is 444 g/mol. The molecular weight excluding hydrogens is 422 g/mol. The third kappa shape index (κ3) is 3.73. The fraction of sp³-hybridized carbons (Fsp3) is 0.160. The number of aromatic nitrogens is 5. The summed E-state index contributed by atoms with van der Waals surface area (Å²) in [6.07, 6.45) is 0. The SMILES string of the molecule is CC(C)Cn1c(N)nc2ccc(-c3[nH]c(-c4c(F)cccc4F)nc3-c3ccccc3)nc21. The minimum Gasteiger partial charge on any atom is -0.369 e. The minimum absolute atomic E-state index is 0.0940. The molecule has 0 unspecified atom stereocenters. The molecule has 33 heavy (non-hydrogen) atoms. The van der Waals surface area contributed by atoms with Crippen molar-refractivity contribution in [3.8, 4) is 34.0 Å². The maximum Gasteiger partial charge on any atom is 0.202 e. The van der Waals surface area contributed by atoms with E-state index in [0.717, 1.165) is 5.56 Å². The number of imidazole rings is 2. The normalized spacial score (nSPS) is 11.5. The largest absolute Gasteiger partial charge is 0.369 e. The fourth-order valence-corrected chi connectivity index (χ4v) is 3.91. The molecule has 3 aromatic heterocycles. The average Bonchev–Trinajstić information content (AvgIpc) is 3.35. The fourth-order valence-electron chi connectivity index (χ4n) is 3.91. The maximum absolute atomic E-state index is 14.5. The Balaban J connectivity index is 1.73. The first kappa shape index (κ1) is 20.8. The van der Waals surface area contributed by atoms with Gasteiger partial charge in [0, 0.05) is 12.1 Å². The zero-order valence-electron chi connectivity index (χ0n) is 18.2. The van der Waals surface area contributed by atoms with Crippen LogP contribution in [-0.2, 0) is 6.54 Å². The minimum atomic E-state index is -0.693. The summed E-state index contributed by atoms with van der Waals surface area (Å²) in [6.45, 7) is 4.85. The number of hydrogen-bond acceptors (Lipinski definition) is 4. The molecule has 6 nitrogen and oxygen atoms in total. The highest BCUT2D eigenvalue weighted by Crippen LogP contribution is 2.34. The summed E-state index contributed by atoms with van der Waals surface area (Å²) in [5, 5.41) is 0. The van der Waals surface area contributed by atoms with E-state index in [4.69, 9.17) is 10.7 Å². The lowest BCUT2D eigenvalue weighted by Crippen LogP contribution is -2.08. The standard InChI is InChI=1S/C25H22F2N6/c1-14(2)13-33-24-19(30-25(33)28)12-11-18(29-24)22-21(15-7-4-3-5-8-15)31-23(32-22)20-16(26)9-6-10-17(20)27/h3-12,14H,13H2,1-2H3,(H2,28,30)(H,31,32). The summed E-state index contributed by atoms with van der Waals surface area (Å²) in [5.74, 6) is -0.554. The summed E-state index contributed by atoms with van der Waals surface area (Å²) in [7, 11) is 0. The van der Waals surface area contributed by atoms with Gasteiger partial charge in [0.25, 0.3) is 0 Å². The third-order valence-corrected chi connectivity index (χ3v) is 5.38. The summed E-state index contributed by atoms with van der Waals surface area (Å²) >= 11 is 0. The summed E-state index contributed by atoms with van der Waals surface area (Å²) in [6, 6.07) is 16.8. The molecule has 0 saturated heterocycles. The predicted octanol–water partition coefficient (Wildman–Crippen LogP) is 5.67. The van der Waals surface area contributed by atoms with Crippen LogP contribution in [0, 0.1) is 17.6 Å². The lowest BCUT2D eigenvalue weighted by molar-refractivity contribution is 0.535. The number of rotatable bonds is 5. The van der Waals surface area contributed by atoms with Crippen molar-refractivity contribution in [1.82, 2.24) is 24.5 Å². The van der Waals surface area contributed by atoms with Gasteiger partial charge in [0.05, 0.1) is 22.6 Å². The number of aromatic amines is 1. The zero-order chi connectivity index (χ0) is 23.1. The molecule has 0 fully saturated rings. The quantitative estimate of drug-likeness (QED) is 0.366. The van der Waals surface area contributed by atoms with E-state index in [1.807, 2.05) is 41.0 Å². The Morgan fingerprint density at radius 1 is 0.909 bits per heavy atom. The predicted molar refractivity (Wildman–Crippen MR) is 125 cm³/mol. The van der Waals surface area contributed by atoms with E-state index in [1.54, 1.807) is 6.07 Å². The van der Waals surface area contributed by atoms with Crippen LogP contribution >= 0.6 is 0 Å². The zero-order valence-corrected chi connectivity index (χ0v) is 18.2. The van der Waals surface area contributed by atoms with Crippen LogP contribution in [0.5, 0.6) is 0 Å². The third-order valence-electron chi connectivity index (χ3n) is 5.38. The number of benzene rings is 2. The van der Waals surface area contributed by atoms with E-state index in [0.29, 0.717) is 46.7 Å². The first-order valence-electron chi connectivity index (χ1n) is 10.7. The van der Waals surface area contributed by atoms with Crippen molar-refractivity contribution in [2.45, 2.75) is 20.4 Å². The molecule has 0 saturated carbocycles. The lowest BCUT2D eigenvalue weighted by Gasteiger charge is -2.09. The number of nitrogens with one attached hydrogen (secondary N) is 1. The number of nitrogen functional groups attached to an aromatic ring is 1. The van der Waals surface area contributed by atoms with Gasteiger partial charge in [-0.05, 0) is 30.2 Å². The maximum atomic E-state index is 14.5. The molecule has 3 N–H and O–H groups in total. The second-order valence-electron chi connectivity index (χ2n) is 8.29. The highest BCUT2D eigenvalue weighted by atomic mass is 19.1. The van der Waals surface area contributed by atoms with Gasteiger partial charge in [0.2, 0.25) is 5.95 Å². The van der Waals surface area contributed by atoms with Gasteiger partial charge < -0.3 is 10.7 Å². The van der Waals surface area contributed by atoms with Crippen molar-refractivity contribution in [1.29, 1.82) is 0 Å². The molecule has 0 bridgehead atoms. The van der Waals surface area contributed by atoms with Crippen molar-refractivity contribution in [2.24, 2.45) is 5.92 Å². The van der Waals surface area contributed by atoms with Crippen LogP contribution in [0.25, 0.3) is 45.2 Å². The summed E-state index contributed by atoms with van der Waals surface area (Å²) in [4.78, 5) is 16.9.